The molecule has 1 N–H and O–H groups in total. The van der Waals surface area contributed by atoms with Crippen molar-refractivity contribution in [3.63, 3.8) is 0 Å². The summed E-state index contributed by atoms with van der Waals surface area (Å²) in [6, 6.07) is 0. The smallest absolute Gasteiger partial charge is 0.0672 e. The zero-order chi connectivity index (χ0) is 16.1. The van der Waals surface area contributed by atoms with E-state index in [-0.39, 0.29) is 23.0 Å². The fraction of sp³-hybridized carbons (Fsp3) is 1.00. The minimum atomic E-state index is -0.219. The molecule has 4 bridgehead atoms. The lowest BCUT2D eigenvalue weighted by Crippen LogP contribution is -2.51. The lowest BCUT2D eigenvalue weighted by atomic mass is 9.68. The highest BCUT2D eigenvalue weighted by Gasteiger charge is 2.67. The second kappa shape index (κ2) is 4.11. The van der Waals surface area contributed by atoms with E-state index in [4.69, 9.17) is 4.74 Å². The normalized spacial score (nSPS) is 57.7. The Bertz CT molecular complexity index is 496. The van der Waals surface area contributed by atoms with Crippen LogP contribution in [0.3, 0.4) is 0 Å². The second-order valence-corrected chi connectivity index (χ2v) is 10.6. The van der Waals surface area contributed by atoms with Gasteiger partial charge in [0.05, 0.1) is 18.3 Å². The first kappa shape index (κ1) is 15.4. The molecule has 0 saturated heterocycles. The number of ether oxygens (including phenoxy) is 1. The van der Waals surface area contributed by atoms with Gasteiger partial charge in [0.2, 0.25) is 0 Å². The van der Waals surface area contributed by atoms with Crippen LogP contribution in [0.2, 0.25) is 0 Å². The number of aliphatic hydroxyl groups excluding tert-OH is 1. The van der Waals surface area contributed by atoms with Gasteiger partial charge in [0.15, 0.2) is 0 Å². The lowest BCUT2D eigenvalue weighted by Gasteiger charge is -2.47. The summed E-state index contributed by atoms with van der Waals surface area (Å²) in [6.45, 7) is 14.1. The van der Waals surface area contributed by atoms with Gasteiger partial charge >= 0.3 is 0 Å². The molecule has 0 amide bonds. The Morgan fingerprint density at radius 2 is 1.55 bits per heavy atom. The quantitative estimate of drug-likeness (QED) is 0.819. The fourth-order valence-electron chi connectivity index (χ4n) is 6.95. The number of hydrogen-bond acceptors (Lipinski definition) is 2. The van der Waals surface area contributed by atoms with Gasteiger partial charge in [-0.3, -0.25) is 0 Å². The number of fused-ring (bicyclic) bond motifs is 4. The average molecular weight is 306 g/mol. The van der Waals surface area contributed by atoms with E-state index in [1.807, 2.05) is 0 Å². The molecule has 0 aliphatic heterocycles. The Hall–Kier alpha value is -0.0800. The van der Waals surface area contributed by atoms with E-state index in [0.717, 1.165) is 18.8 Å². The molecule has 4 saturated carbocycles. The summed E-state index contributed by atoms with van der Waals surface area (Å²) in [6.07, 6.45) is 6.67. The molecule has 4 aliphatic rings. The van der Waals surface area contributed by atoms with Crippen molar-refractivity contribution in [2.75, 3.05) is 0 Å². The van der Waals surface area contributed by atoms with E-state index < -0.39 is 0 Å². The predicted octanol–water partition coefficient (Wildman–Crippen LogP) is 4.40. The van der Waals surface area contributed by atoms with Crippen molar-refractivity contribution in [1.29, 1.82) is 0 Å². The Balaban J connectivity index is 1.55. The molecular formula is C20H34O2. The van der Waals surface area contributed by atoms with Crippen LogP contribution in [0.1, 0.15) is 73.6 Å². The molecule has 0 aromatic heterocycles. The van der Waals surface area contributed by atoms with Crippen molar-refractivity contribution in [3.8, 4) is 0 Å². The van der Waals surface area contributed by atoms with Crippen LogP contribution < -0.4 is 0 Å². The molecule has 2 nitrogen and oxygen atoms in total. The fourth-order valence-corrected chi connectivity index (χ4v) is 6.95. The van der Waals surface area contributed by atoms with Crippen LogP contribution in [-0.2, 0) is 4.74 Å². The van der Waals surface area contributed by atoms with E-state index in [9.17, 15) is 5.11 Å². The molecule has 0 aromatic rings. The molecule has 2 heteroatoms. The SMILES string of the molecule is CC1(C)C2CC(OC3CC4CCC3(C)C4(C)C)C(C)(C2)C1O. The first-order chi connectivity index (χ1) is 10.0. The zero-order valence-electron chi connectivity index (χ0n) is 15.3. The minimum absolute atomic E-state index is 0.0312. The summed E-state index contributed by atoms with van der Waals surface area (Å²) in [7, 11) is 0. The van der Waals surface area contributed by atoms with Gasteiger partial charge < -0.3 is 9.84 Å². The monoisotopic (exact) mass is 306 g/mol. The van der Waals surface area contributed by atoms with Gasteiger partial charge in [-0.1, -0.05) is 41.5 Å². The summed E-state index contributed by atoms with van der Waals surface area (Å²) in [4.78, 5) is 0. The zero-order valence-corrected chi connectivity index (χ0v) is 15.3. The number of rotatable bonds is 2. The van der Waals surface area contributed by atoms with Crippen LogP contribution in [0, 0.1) is 33.5 Å². The number of aliphatic hydroxyl groups is 1. The Labute approximate surface area is 136 Å². The number of hydrogen-bond donors (Lipinski definition) is 1. The highest BCUT2D eigenvalue weighted by atomic mass is 16.5. The molecule has 4 rings (SSSR count). The third kappa shape index (κ3) is 1.55. The first-order valence-corrected chi connectivity index (χ1v) is 9.37. The largest absolute Gasteiger partial charge is 0.392 e. The maximum Gasteiger partial charge on any atom is 0.0672 e. The highest BCUT2D eigenvalue weighted by Crippen LogP contribution is 2.68. The summed E-state index contributed by atoms with van der Waals surface area (Å²) >= 11 is 0. The Kier molecular flexibility index (Phi) is 2.89. The standard InChI is InChI=1S/C20H34O2/c1-17(2)13-10-14(19(5,11-13)16(17)21)22-15-9-12-7-8-20(15,6)18(12,3)4/h12-16,21H,7-11H2,1-6H3. The molecule has 4 aliphatic carbocycles. The molecule has 4 fully saturated rings. The molecular weight excluding hydrogens is 272 g/mol. The van der Waals surface area contributed by atoms with Crippen molar-refractivity contribution < 1.29 is 9.84 Å². The molecule has 126 valence electrons. The van der Waals surface area contributed by atoms with Crippen molar-refractivity contribution in [2.45, 2.75) is 92.0 Å². The Morgan fingerprint density at radius 1 is 0.909 bits per heavy atom. The van der Waals surface area contributed by atoms with Gasteiger partial charge in [0.1, 0.15) is 0 Å². The van der Waals surface area contributed by atoms with Gasteiger partial charge in [0, 0.05) is 5.41 Å². The van der Waals surface area contributed by atoms with Crippen molar-refractivity contribution >= 4 is 0 Å². The molecule has 7 atom stereocenters. The average Bonchev–Trinajstić information content (AvgIpc) is 2.99. The van der Waals surface area contributed by atoms with E-state index in [2.05, 4.69) is 41.5 Å². The molecule has 0 radical (unpaired) electrons. The van der Waals surface area contributed by atoms with Gasteiger partial charge in [-0.05, 0) is 60.2 Å². The van der Waals surface area contributed by atoms with Crippen LogP contribution in [0.5, 0.6) is 0 Å². The van der Waals surface area contributed by atoms with Gasteiger partial charge in [-0.15, -0.1) is 0 Å². The Morgan fingerprint density at radius 3 is 2.00 bits per heavy atom. The lowest BCUT2D eigenvalue weighted by molar-refractivity contribution is -0.168. The molecule has 0 aromatic carbocycles. The second-order valence-electron chi connectivity index (χ2n) is 10.6. The third-order valence-electron chi connectivity index (χ3n) is 9.34. The summed E-state index contributed by atoms with van der Waals surface area (Å²) in [5, 5.41) is 10.9. The van der Waals surface area contributed by atoms with Crippen molar-refractivity contribution in [1.82, 2.24) is 0 Å². The van der Waals surface area contributed by atoms with Crippen molar-refractivity contribution in [3.05, 3.63) is 0 Å². The van der Waals surface area contributed by atoms with Gasteiger partial charge in [-0.25, -0.2) is 0 Å². The molecule has 7 unspecified atom stereocenters. The van der Waals surface area contributed by atoms with Crippen LogP contribution in [0.4, 0.5) is 0 Å². The van der Waals surface area contributed by atoms with Gasteiger partial charge in [-0.2, -0.15) is 0 Å². The third-order valence-corrected chi connectivity index (χ3v) is 9.34. The summed E-state index contributed by atoms with van der Waals surface area (Å²) < 4.78 is 6.79. The maximum atomic E-state index is 10.9. The topological polar surface area (TPSA) is 29.5 Å². The minimum Gasteiger partial charge on any atom is -0.392 e. The van der Waals surface area contributed by atoms with Crippen LogP contribution in [0.25, 0.3) is 0 Å². The van der Waals surface area contributed by atoms with Crippen molar-refractivity contribution in [2.24, 2.45) is 33.5 Å². The highest BCUT2D eigenvalue weighted by molar-refractivity contribution is 5.16. The first-order valence-electron chi connectivity index (χ1n) is 9.37. The van der Waals surface area contributed by atoms with E-state index >= 15 is 0 Å². The molecule has 0 spiro atoms. The van der Waals surface area contributed by atoms with E-state index in [0.29, 0.717) is 22.9 Å². The van der Waals surface area contributed by atoms with Crippen LogP contribution in [-0.4, -0.2) is 23.4 Å². The summed E-state index contributed by atoms with van der Waals surface area (Å²) in [5.74, 6) is 1.45. The molecule has 22 heavy (non-hydrogen) atoms. The molecule has 0 heterocycles. The van der Waals surface area contributed by atoms with Crippen LogP contribution >= 0.6 is 0 Å². The maximum absolute atomic E-state index is 10.9. The van der Waals surface area contributed by atoms with E-state index in [1.165, 1.54) is 19.3 Å². The van der Waals surface area contributed by atoms with E-state index in [1.54, 1.807) is 0 Å². The summed E-state index contributed by atoms with van der Waals surface area (Å²) in [5.41, 5.74) is 0.771. The predicted molar refractivity (Wildman–Crippen MR) is 88.5 cm³/mol. The van der Waals surface area contributed by atoms with Crippen LogP contribution in [0.15, 0.2) is 0 Å². The van der Waals surface area contributed by atoms with Gasteiger partial charge in [0.25, 0.3) is 0 Å².